The zero-order chi connectivity index (χ0) is 12.3. The monoisotopic (exact) mass is 256 g/mol. The van der Waals surface area contributed by atoms with Gasteiger partial charge in [0.25, 0.3) is 0 Å². The van der Waals surface area contributed by atoms with E-state index in [-0.39, 0.29) is 11.8 Å². The summed E-state index contributed by atoms with van der Waals surface area (Å²) < 4.78 is 0. The van der Waals surface area contributed by atoms with E-state index < -0.39 is 0 Å². The summed E-state index contributed by atoms with van der Waals surface area (Å²) >= 11 is 1.93. The Labute approximate surface area is 108 Å². The molecule has 3 nitrogen and oxygen atoms in total. The predicted molar refractivity (Wildman–Crippen MR) is 73.0 cm³/mol. The highest BCUT2D eigenvalue weighted by molar-refractivity contribution is 7.99. The molecule has 0 heterocycles. The minimum absolute atomic E-state index is 0.188. The molecule has 2 aliphatic rings. The van der Waals surface area contributed by atoms with Gasteiger partial charge in [0.05, 0.1) is 0 Å². The Morgan fingerprint density at radius 1 is 1.35 bits per heavy atom. The van der Waals surface area contributed by atoms with E-state index in [9.17, 15) is 4.79 Å². The molecule has 0 aliphatic heterocycles. The first-order chi connectivity index (χ1) is 8.24. The summed E-state index contributed by atoms with van der Waals surface area (Å²) in [6, 6.07) is 0.416. The average Bonchev–Trinajstić information content (AvgIpc) is 2.96. The maximum Gasteiger partial charge on any atom is 0.223 e. The van der Waals surface area contributed by atoms with Crippen LogP contribution in [0, 0.1) is 11.8 Å². The average molecular weight is 256 g/mol. The minimum atomic E-state index is 0.188. The van der Waals surface area contributed by atoms with Crippen molar-refractivity contribution in [1.82, 2.24) is 5.32 Å². The molecule has 0 spiro atoms. The Morgan fingerprint density at radius 2 is 2.18 bits per heavy atom. The number of nitrogens with two attached hydrogens (primary N) is 1. The lowest BCUT2D eigenvalue weighted by Gasteiger charge is -2.20. The maximum atomic E-state index is 12.2. The molecule has 4 atom stereocenters. The lowest BCUT2D eigenvalue weighted by Crippen LogP contribution is -2.40. The van der Waals surface area contributed by atoms with Crippen molar-refractivity contribution in [3.8, 4) is 0 Å². The van der Waals surface area contributed by atoms with Gasteiger partial charge in [0.15, 0.2) is 0 Å². The molecule has 2 rings (SSSR count). The predicted octanol–water partition coefficient (Wildman–Crippen LogP) is 1.76. The summed E-state index contributed by atoms with van der Waals surface area (Å²) in [6.45, 7) is 0.663. The van der Waals surface area contributed by atoms with Crippen LogP contribution in [0.15, 0.2) is 0 Å². The standard InChI is InChI=1S/C13H24N2OS/c1-17-11-6-5-10(7-11)15-13(16)12-4-2-3-9(12)8-14/h9-12H,2-8,14H2,1H3,(H,15,16). The number of amides is 1. The van der Waals surface area contributed by atoms with Crippen molar-refractivity contribution >= 4 is 17.7 Å². The van der Waals surface area contributed by atoms with Crippen molar-refractivity contribution < 1.29 is 4.79 Å². The van der Waals surface area contributed by atoms with E-state index in [4.69, 9.17) is 5.73 Å². The van der Waals surface area contributed by atoms with Gasteiger partial charge in [-0.05, 0) is 50.8 Å². The first kappa shape index (κ1) is 13.2. The zero-order valence-electron chi connectivity index (χ0n) is 10.7. The molecule has 0 bridgehead atoms. The van der Waals surface area contributed by atoms with Crippen molar-refractivity contribution in [3.63, 3.8) is 0 Å². The summed E-state index contributed by atoms with van der Waals surface area (Å²) in [5.41, 5.74) is 5.73. The number of hydrogen-bond donors (Lipinski definition) is 2. The summed E-state index contributed by atoms with van der Waals surface area (Å²) in [4.78, 5) is 12.2. The smallest absolute Gasteiger partial charge is 0.223 e. The second kappa shape index (κ2) is 6.10. The summed E-state index contributed by atoms with van der Waals surface area (Å²) in [6.07, 6.45) is 9.04. The molecule has 98 valence electrons. The molecule has 0 aromatic heterocycles. The third kappa shape index (κ3) is 3.16. The number of thioether (sulfide) groups is 1. The van der Waals surface area contributed by atoms with Crippen LogP contribution in [0.25, 0.3) is 0 Å². The van der Waals surface area contributed by atoms with Crippen molar-refractivity contribution in [2.45, 2.75) is 49.8 Å². The fourth-order valence-corrected chi connectivity index (χ4v) is 4.05. The number of carbonyl (C=O) groups excluding carboxylic acids is 1. The third-order valence-electron chi connectivity index (χ3n) is 4.36. The van der Waals surface area contributed by atoms with E-state index in [0.717, 1.165) is 37.4 Å². The van der Waals surface area contributed by atoms with E-state index in [2.05, 4.69) is 11.6 Å². The highest BCUT2D eigenvalue weighted by Gasteiger charge is 2.34. The van der Waals surface area contributed by atoms with Crippen molar-refractivity contribution in [2.75, 3.05) is 12.8 Å². The van der Waals surface area contributed by atoms with E-state index in [1.807, 2.05) is 11.8 Å². The molecule has 4 heteroatoms. The molecule has 0 aromatic rings. The lowest BCUT2D eigenvalue weighted by molar-refractivity contribution is -0.126. The molecule has 17 heavy (non-hydrogen) atoms. The van der Waals surface area contributed by atoms with Gasteiger partial charge in [-0.15, -0.1) is 0 Å². The molecule has 0 saturated heterocycles. The SMILES string of the molecule is CSC1CCC(NC(=O)C2CCCC2CN)C1. The van der Waals surface area contributed by atoms with Gasteiger partial charge < -0.3 is 11.1 Å². The Morgan fingerprint density at radius 3 is 2.82 bits per heavy atom. The van der Waals surface area contributed by atoms with Gasteiger partial charge in [-0.25, -0.2) is 0 Å². The second-order valence-electron chi connectivity index (χ2n) is 5.41. The summed E-state index contributed by atoms with van der Waals surface area (Å²) in [5.74, 6) is 0.880. The van der Waals surface area contributed by atoms with Crippen LogP contribution >= 0.6 is 11.8 Å². The Hall–Kier alpha value is -0.220. The zero-order valence-corrected chi connectivity index (χ0v) is 11.5. The molecule has 4 unspecified atom stereocenters. The van der Waals surface area contributed by atoms with Crippen molar-refractivity contribution in [3.05, 3.63) is 0 Å². The van der Waals surface area contributed by atoms with Crippen LogP contribution in [-0.2, 0) is 4.79 Å². The number of carbonyl (C=O) groups is 1. The molecular formula is C13H24N2OS. The summed E-state index contributed by atoms with van der Waals surface area (Å²) in [7, 11) is 0. The van der Waals surface area contributed by atoms with E-state index >= 15 is 0 Å². The quantitative estimate of drug-likeness (QED) is 0.806. The Kier molecular flexibility index (Phi) is 4.74. The fraction of sp³-hybridized carbons (Fsp3) is 0.923. The molecular weight excluding hydrogens is 232 g/mol. The molecule has 2 fully saturated rings. The molecule has 2 saturated carbocycles. The van der Waals surface area contributed by atoms with Gasteiger partial charge in [-0.3, -0.25) is 4.79 Å². The Balaban J connectivity index is 1.81. The summed E-state index contributed by atoms with van der Waals surface area (Å²) in [5, 5.41) is 3.99. The normalized spacial score (nSPS) is 37.3. The topological polar surface area (TPSA) is 55.1 Å². The molecule has 3 N–H and O–H groups in total. The number of hydrogen-bond acceptors (Lipinski definition) is 3. The minimum Gasteiger partial charge on any atom is -0.353 e. The van der Waals surface area contributed by atoms with E-state index in [1.54, 1.807) is 0 Å². The van der Waals surface area contributed by atoms with Crippen LogP contribution in [0.1, 0.15) is 38.5 Å². The second-order valence-corrected chi connectivity index (χ2v) is 6.55. The number of rotatable bonds is 4. The highest BCUT2D eigenvalue weighted by atomic mass is 32.2. The Bertz CT molecular complexity index is 272. The highest BCUT2D eigenvalue weighted by Crippen LogP contribution is 2.32. The molecule has 2 aliphatic carbocycles. The van der Waals surface area contributed by atoms with Gasteiger partial charge in [0.2, 0.25) is 5.91 Å². The van der Waals surface area contributed by atoms with Crippen LogP contribution in [0.2, 0.25) is 0 Å². The van der Waals surface area contributed by atoms with Crippen LogP contribution in [-0.4, -0.2) is 30.0 Å². The van der Waals surface area contributed by atoms with Crippen molar-refractivity contribution in [1.29, 1.82) is 0 Å². The molecule has 0 radical (unpaired) electrons. The van der Waals surface area contributed by atoms with Crippen LogP contribution in [0.5, 0.6) is 0 Å². The lowest BCUT2D eigenvalue weighted by atomic mass is 9.95. The van der Waals surface area contributed by atoms with Crippen molar-refractivity contribution in [2.24, 2.45) is 17.6 Å². The maximum absolute atomic E-state index is 12.2. The fourth-order valence-electron chi connectivity index (χ4n) is 3.26. The third-order valence-corrected chi connectivity index (χ3v) is 5.46. The first-order valence-electron chi connectivity index (χ1n) is 6.77. The molecule has 0 aromatic carbocycles. The van der Waals surface area contributed by atoms with Crippen LogP contribution < -0.4 is 11.1 Å². The number of nitrogens with one attached hydrogen (secondary N) is 1. The van der Waals surface area contributed by atoms with Crippen LogP contribution in [0.3, 0.4) is 0 Å². The van der Waals surface area contributed by atoms with Gasteiger partial charge in [-0.1, -0.05) is 6.42 Å². The molecule has 1 amide bonds. The van der Waals surface area contributed by atoms with Gasteiger partial charge >= 0.3 is 0 Å². The van der Waals surface area contributed by atoms with E-state index in [1.165, 1.54) is 6.42 Å². The van der Waals surface area contributed by atoms with Gasteiger partial charge in [0, 0.05) is 17.2 Å². The van der Waals surface area contributed by atoms with Gasteiger partial charge in [0.1, 0.15) is 0 Å². The first-order valence-corrected chi connectivity index (χ1v) is 8.06. The van der Waals surface area contributed by atoms with Crippen LogP contribution in [0.4, 0.5) is 0 Å². The van der Waals surface area contributed by atoms with E-state index in [0.29, 0.717) is 18.5 Å². The van der Waals surface area contributed by atoms with Gasteiger partial charge in [-0.2, -0.15) is 11.8 Å². The largest absolute Gasteiger partial charge is 0.353 e.